The van der Waals surface area contributed by atoms with Crippen LogP contribution in [0.4, 0.5) is 5.00 Å². The Hall–Kier alpha value is -1.39. The van der Waals surface area contributed by atoms with Crippen LogP contribution in [0.2, 0.25) is 0 Å². The minimum atomic E-state index is 0.928. The molecule has 17 heavy (non-hydrogen) atoms. The first-order chi connectivity index (χ1) is 8.24. The van der Waals surface area contributed by atoms with Crippen LogP contribution < -0.4 is 11.3 Å². The van der Waals surface area contributed by atoms with Crippen molar-refractivity contribution in [2.24, 2.45) is 5.84 Å². The maximum atomic E-state index is 5.43. The minimum Gasteiger partial charge on any atom is -0.314 e. The number of hydrazine groups is 1. The third kappa shape index (κ3) is 2.65. The van der Waals surface area contributed by atoms with Crippen LogP contribution in [0.3, 0.4) is 0 Å². The van der Waals surface area contributed by atoms with Gasteiger partial charge in [0.2, 0.25) is 0 Å². The average molecular weight is 247 g/mol. The molecular formula is C13H17N3S. The summed E-state index contributed by atoms with van der Waals surface area (Å²) in [5.41, 5.74) is 6.15. The van der Waals surface area contributed by atoms with Crippen molar-refractivity contribution in [3.63, 3.8) is 0 Å². The highest BCUT2D eigenvalue weighted by Gasteiger charge is 2.07. The van der Waals surface area contributed by atoms with Crippen molar-refractivity contribution in [1.82, 2.24) is 4.98 Å². The van der Waals surface area contributed by atoms with Crippen LogP contribution in [0.5, 0.6) is 0 Å². The van der Waals surface area contributed by atoms with Crippen molar-refractivity contribution in [2.75, 3.05) is 5.43 Å². The monoisotopic (exact) mass is 247 g/mol. The number of hydrogen-bond acceptors (Lipinski definition) is 4. The molecule has 90 valence electrons. The summed E-state index contributed by atoms with van der Waals surface area (Å²) in [4.78, 5) is 4.50. The third-order valence-corrected chi connectivity index (χ3v) is 3.80. The molecule has 0 aliphatic rings. The summed E-state index contributed by atoms with van der Waals surface area (Å²) in [7, 11) is 0. The Morgan fingerprint density at radius 2 is 2.00 bits per heavy atom. The summed E-state index contributed by atoms with van der Waals surface area (Å²) in [6.45, 7) is 4.15. The van der Waals surface area contributed by atoms with Crippen LogP contribution in [-0.2, 0) is 6.42 Å². The smallest absolute Gasteiger partial charge is 0.126 e. The minimum absolute atomic E-state index is 0.928. The average Bonchev–Trinajstić information content (AvgIpc) is 2.72. The molecule has 0 bridgehead atoms. The van der Waals surface area contributed by atoms with Crippen molar-refractivity contribution in [1.29, 1.82) is 0 Å². The largest absolute Gasteiger partial charge is 0.314 e. The number of rotatable bonds is 4. The molecule has 1 heterocycles. The van der Waals surface area contributed by atoms with Gasteiger partial charge in [-0.2, -0.15) is 0 Å². The molecular weight excluding hydrogens is 230 g/mol. The molecule has 0 atom stereocenters. The maximum Gasteiger partial charge on any atom is 0.126 e. The highest BCUT2D eigenvalue weighted by atomic mass is 32.1. The lowest BCUT2D eigenvalue weighted by molar-refractivity contribution is 0.922. The lowest BCUT2D eigenvalue weighted by Crippen LogP contribution is -2.05. The van der Waals surface area contributed by atoms with Crippen LogP contribution >= 0.6 is 11.3 Å². The molecule has 0 fully saturated rings. The van der Waals surface area contributed by atoms with Gasteiger partial charge in [0, 0.05) is 5.56 Å². The molecule has 0 unspecified atom stereocenters. The summed E-state index contributed by atoms with van der Waals surface area (Å²) in [6, 6.07) is 8.60. The molecule has 1 aromatic carbocycles. The van der Waals surface area contributed by atoms with Crippen molar-refractivity contribution in [3.8, 4) is 10.6 Å². The number of benzene rings is 1. The molecule has 3 nitrogen and oxygen atoms in total. The van der Waals surface area contributed by atoms with E-state index in [0.717, 1.165) is 27.7 Å². The van der Waals surface area contributed by atoms with E-state index in [1.54, 1.807) is 11.3 Å². The SMILES string of the molecule is CCCc1ccc(-c2nc(C)c(NN)s2)cc1. The predicted molar refractivity (Wildman–Crippen MR) is 74.1 cm³/mol. The zero-order valence-corrected chi connectivity index (χ0v) is 11.0. The molecule has 1 aromatic heterocycles. The van der Waals surface area contributed by atoms with Gasteiger partial charge in [0.25, 0.3) is 0 Å². The molecule has 0 saturated carbocycles. The number of nitrogens with two attached hydrogens (primary N) is 1. The number of nitrogen functional groups attached to an aromatic ring is 1. The Morgan fingerprint density at radius 3 is 2.53 bits per heavy atom. The Balaban J connectivity index is 2.26. The first kappa shape index (κ1) is 12.1. The molecule has 4 heteroatoms. The van der Waals surface area contributed by atoms with Gasteiger partial charge in [0.1, 0.15) is 10.0 Å². The second-order valence-corrected chi connectivity index (χ2v) is 5.02. The Labute approximate surface area is 106 Å². The first-order valence-corrected chi connectivity index (χ1v) is 6.59. The second kappa shape index (κ2) is 5.29. The third-order valence-electron chi connectivity index (χ3n) is 2.67. The summed E-state index contributed by atoms with van der Waals surface area (Å²) < 4.78 is 0. The lowest BCUT2D eigenvalue weighted by Gasteiger charge is -2.00. The van der Waals surface area contributed by atoms with Crippen LogP contribution in [0.1, 0.15) is 24.6 Å². The zero-order chi connectivity index (χ0) is 12.3. The van der Waals surface area contributed by atoms with Gasteiger partial charge < -0.3 is 5.43 Å². The molecule has 0 aliphatic carbocycles. The van der Waals surface area contributed by atoms with E-state index < -0.39 is 0 Å². The molecule has 2 rings (SSSR count). The number of aryl methyl sites for hydroxylation is 2. The van der Waals surface area contributed by atoms with E-state index in [2.05, 4.69) is 41.6 Å². The molecule has 0 radical (unpaired) electrons. The van der Waals surface area contributed by atoms with Gasteiger partial charge in [-0.1, -0.05) is 48.9 Å². The highest BCUT2D eigenvalue weighted by molar-refractivity contribution is 7.19. The first-order valence-electron chi connectivity index (χ1n) is 5.78. The summed E-state index contributed by atoms with van der Waals surface area (Å²) in [5.74, 6) is 5.43. The van der Waals surface area contributed by atoms with Crippen molar-refractivity contribution < 1.29 is 0 Å². The molecule has 0 aliphatic heterocycles. The number of aromatic nitrogens is 1. The zero-order valence-electron chi connectivity index (χ0n) is 10.2. The van der Waals surface area contributed by atoms with Crippen LogP contribution in [0, 0.1) is 6.92 Å². The molecule has 2 aromatic rings. The van der Waals surface area contributed by atoms with E-state index in [1.807, 2.05) is 6.92 Å². The van der Waals surface area contributed by atoms with Crippen molar-refractivity contribution in [3.05, 3.63) is 35.5 Å². The maximum absolute atomic E-state index is 5.43. The van der Waals surface area contributed by atoms with Gasteiger partial charge in [-0.25, -0.2) is 10.8 Å². The van der Waals surface area contributed by atoms with Gasteiger partial charge in [-0.05, 0) is 18.9 Å². The van der Waals surface area contributed by atoms with Crippen LogP contribution in [0.25, 0.3) is 10.6 Å². The number of thiazole rings is 1. The topological polar surface area (TPSA) is 50.9 Å². The Bertz CT molecular complexity index is 488. The van der Waals surface area contributed by atoms with Crippen molar-refractivity contribution >= 4 is 16.3 Å². The molecule has 0 amide bonds. The van der Waals surface area contributed by atoms with E-state index in [0.29, 0.717) is 0 Å². The van der Waals surface area contributed by atoms with E-state index >= 15 is 0 Å². The fourth-order valence-electron chi connectivity index (χ4n) is 1.76. The summed E-state index contributed by atoms with van der Waals surface area (Å²) in [5, 5.41) is 1.94. The van der Waals surface area contributed by atoms with E-state index in [-0.39, 0.29) is 0 Å². The fourth-order valence-corrected chi connectivity index (χ4v) is 2.64. The fraction of sp³-hybridized carbons (Fsp3) is 0.308. The van der Waals surface area contributed by atoms with E-state index in [1.165, 1.54) is 12.0 Å². The number of anilines is 1. The van der Waals surface area contributed by atoms with Crippen LogP contribution in [0.15, 0.2) is 24.3 Å². The second-order valence-electron chi connectivity index (χ2n) is 4.02. The predicted octanol–water partition coefficient (Wildman–Crippen LogP) is 3.36. The van der Waals surface area contributed by atoms with Gasteiger partial charge in [0.15, 0.2) is 0 Å². The Morgan fingerprint density at radius 1 is 1.29 bits per heavy atom. The Kier molecular flexibility index (Phi) is 3.76. The number of nitrogens with one attached hydrogen (secondary N) is 1. The van der Waals surface area contributed by atoms with Gasteiger partial charge >= 0.3 is 0 Å². The number of nitrogens with zero attached hydrogens (tertiary/aromatic N) is 1. The highest BCUT2D eigenvalue weighted by Crippen LogP contribution is 2.31. The summed E-state index contributed by atoms with van der Waals surface area (Å²) in [6.07, 6.45) is 2.31. The quantitative estimate of drug-likeness (QED) is 0.643. The van der Waals surface area contributed by atoms with E-state index in [9.17, 15) is 0 Å². The van der Waals surface area contributed by atoms with Crippen molar-refractivity contribution in [2.45, 2.75) is 26.7 Å². The van der Waals surface area contributed by atoms with Gasteiger partial charge in [-0.3, -0.25) is 0 Å². The number of hydrogen-bond donors (Lipinski definition) is 2. The van der Waals surface area contributed by atoms with E-state index in [4.69, 9.17) is 5.84 Å². The summed E-state index contributed by atoms with van der Waals surface area (Å²) >= 11 is 1.58. The normalized spacial score (nSPS) is 10.5. The lowest BCUT2D eigenvalue weighted by atomic mass is 10.1. The van der Waals surface area contributed by atoms with Gasteiger partial charge in [0.05, 0.1) is 5.69 Å². The van der Waals surface area contributed by atoms with Gasteiger partial charge in [-0.15, -0.1) is 0 Å². The molecule has 0 spiro atoms. The molecule has 3 N–H and O–H groups in total. The standard InChI is InChI=1S/C13H17N3S/c1-3-4-10-5-7-11(8-6-10)13-15-9(2)12(16-14)17-13/h5-8,16H,3-4,14H2,1-2H3. The molecule has 0 saturated heterocycles. The van der Waals surface area contributed by atoms with Crippen LogP contribution in [-0.4, -0.2) is 4.98 Å².